The topological polar surface area (TPSA) is 26.3 Å². The molecule has 0 fully saturated rings. The van der Waals surface area contributed by atoms with Crippen LogP contribution >= 0.6 is 0 Å². The van der Waals surface area contributed by atoms with Crippen molar-refractivity contribution >= 4 is 12.0 Å². The van der Waals surface area contributed by atoms with Crippen molar-refractivity contribution in [2.45, 2.75) is 46.5 Å². The Morgan fingerprint density at radius 1 is 1.20 bits per heavy atom. The molecule has 2 nitrogen and oxygen atoms in total. The van der Waals surface area contributed by atoms with E-state index in [0.29, 0.717) is 5.57 Å². The Hall–Kier alpha value is -1.83. The largest absolute Gasteiger partial charge is 0.431 e. The second kappa shape index (κ2) is 7.09. The second-order valence-electron chi connectivity index (χ2n) is 5.88. The van der Waals surface area contributed by atoms with E-state index in [2.05, 4.69) is 32.9 Å². The van der Waals surface area contributed by atoms with Crippen LogP contribution in [0.1, 0.15) is 52.2 Å². The number of allylic oxidation sites excluding steroid dienone is 1. The SMILES string of the molecule is CCC=C(C)C(=O)OC=Cc1ccc(C(C)(C)C)cc1. The summed E-state index contributed by atoms with van der Waals surface area (Å²) < 4.78 is 5.07. The summed E-state index contributed by atoms with van der Waals surface area (Å²) in [6.45, 7) is 10.3. The molecule has 0 saturated heterocycles. The maximum atomic E-state index is 11.6. The lowest BCUT2D eigenvalue weighted by atomic mass is 9.87. The highest BCUT2D eigenvalue weighted by Gasteiger charge is 2.12. The Morgan fingerprint density at radius 3 is 2.30 bits per heavy atom. The molecule has 0 atom stereocenters. The third kappa shape index (κ3) is 5.04. The highest BCUT2D eigenvalue weighted by Crippen LogP contribution is 2.22. The zero-order valence-electron chi connectivity index (χ0n) is 13.1. The second-order valence-corrected chi connectivity index (χ2v) is 5.88. The first-order valence-electron chi connectivity index (χ1n) is 6.99. The summed E-state index contributed by atoms with van der Waals surface area (Å²) in [6.07, 6.45) is 5.93. The summed E-state index contributed by atoms with van der Waals surface area (Å²) in [4.78, 5) is 11.6. The van der Waals surface area contributed by atoms with Crippen LogP contribution in [0.5, 0.6) is 0 Å². The quantitative estimate of drug-likeness (QED) is 0.445. The van der Waals surface area contributed by atoms with Gasteiger partial charge in [-0.15, -0.1) is 0 Å². The lowest BCUT2D eigenvalue weighted by Gasteiger charge is -2.18. The highest BCUT2D eigenvalue weighted by molar-refractivity contribution is 5.88. The standard InChI is InChI=1S/C18H24O2/c1-6-7-14(2)17(19)20-13-12-15-8-10-16(11-9-15)18(3,4)5/h7-13H,6H2,1-5H3. The highest BCUT2D eigenvalue weighted by atomic mass is 16.5. The Morgan fingerprint density at radius 2 is 1.80 bits per heavy atom. The van der Waals surface area contributed by atoms with Gasteiger partial charge in [0, 0.05) is 5.57 Å². The van der Waals surface area contributed by atoms with Gasteiger partial charge in [-0.1, -0.05) is 58.0 Å². The van der Waals surface area contributed by atoms with Crippen LogP contribution in [0.25, 0.3) is 6.08 Å². The van der Waals surface area contributed by atoms with Gasteiger partial charge >= 0.3 is 5.97 Å². The van der Waals surface area contributed by atoms with Gasteiger partial charge in [0.1, 0.15) is 0 Å². The lowest BCUT2D eigenvalue weighted by Crippen LogP contribution is -2.10. The molecule has 0 heterocycles. The van der Waals surface area contributed by atoms with Crippen molar-refractivity contribution in [3.63, 3.8) is 0 Å². The van der Waals surface area contributed by atoms with E-state index in [4.69, 9.17) is 4.74 Å². The number of hydrogen-bond acceptors (Lipinski definition) is 2. The molecule has 0 aliphatic heterocycles. The van der Waals surface area contributed by atoms with Gasteiger partial charge in [-0.05, 0) is 36.0 Å². The van der Waals surface area contributed by atoms with Crippen molar-refractivity contribution in [3.05, 3.63) is 53.3 Å². The van der Waals surface area contributed by atoms with E-state index in [1.54, 1.807) is 13.0 Å². The Kier molecular flexibility index (Phi) is 5.75. The number of carbonyl (C=O) groups is 1. The molecule has 0 unspecified atom stereocenters. The zero-order valence-corrected chi connectivity index (χ0v) is 13.1. The molecule has 0 N–H and O–H groups in total. The number of carbonyl (C=O) groups excluding carboxylic acids is 1. The van der Waals surface area contributed by atoms with Gasteiger partial charge in [0.05, 0.1) is 6.26 Å². The van der Waals surface area contributed by atoms with Gasteiger partial charge < -0.3 is 4.74 Å². The first-order valence-corrected chi connectivity index (χ1v) is 6.99. The van der Waals surface area contributed by atoms with Gasteiger partial charge in [0.15, 0.2) is 0 Å². The number of esters is 1. The normalized spacial score (nSPS) is 12.8. The molecule has 1 rings (SSSR count). The molecule has 0 aliphatic carbocycles. The molecular formula is C18H24O2. The summed E-state index contributed by atoms with van der Waals surface area (Å²) in [5.74, 6) is -0.297. The predicted molar refractivity (Wildman–Crippen MR) is 84.3 cm³/mol. The number of rotatable bonds is 4. The van der Waals surface area contributed by atoms with E-state index in [1.165, 1.54) is 11.8 Å². The lowest BCUT2D eigenvalue weighted by molar-refractivity contribution is -0.133. The molecule has 0 aliphatic rings. The van der Waals surface area contributed by atoms with Crippen molar-refractivity contribution in [1.82, 2.24) is 0 Å². The van der Waals surface area contributed by atoms with Crippen LogP contribution in [0.15, 0.2) is 42.2 Å². The molecule has 0 aromatic heterocycles. The van der Waals surface area contributed by atoms with E-state index in [1.807, 2.05) is 25.1 Å². The van der Waals surface area contributed by atoms with Crippen LogP contribution < -0.4 is 0 Å². The van der Waals surface area contributed by atoms with E-state index >= 15 is 0 Å². The average molecular weight is 272 g/mol. The van der Waals surface area contributed by atoms with Crippen molar-refractivity contribution in [2.75, 3.05) is 0 Å². The first-order chi connectivity index (χ1) is 9.34. The molecule has 0 radical (unpaired) electrons. The van der Waals surface area contributed by atoms with E-state index in [9.17, 15) is 4.79 Å². The average Bonchev–Trinajstić information content (AvgIpc) is 2.38. The zero-order chi connectivity index (χ0) is 15.2. The number of benzene rings is 1. The fourth-order valence-electron chi connectivity index (χ4n) is 1.75. The first kappa shape index (κ1) is 16.2. The number of ether oxygens (including phenoxy) is 1. The fraction of sp³-hybridized carbons (Fsp3) is 0.389. The van der Waals surface area contributed by atoms with Gasteiger partial charge in [-0.25, -0.2) is 4.79 Å². The maximum Gasteiger partial charge on any atom is 0.338 e. The van der Waals surface area contributed by atoms with E-state index < -0.39 is 0 Å². The summed E-state index contributed by atoms with van der Waals surface area (Å²) in [5.41, 5.74) is 3.09. The van der Waals surface area contributed by atoms with Crippen molar-refractivity contribution in [3.8, 4) is 0 Å². The summed E-state index contributed by atoms with van der Waals surface area (Å²) in [6, 6.07) is 8.26. The molecule has 20 heavy (non-hydrogen) atoms. The van der Waals surface area contributed by atoms with Crippen molar-refractivity contribution < 1.29 is 9.53 Å². The van der Waals surface area contributed by atoms with Crippen LogP contribution in [-0.2, 0) is 14.9 Å². The van der Waals surface area contributed by atoms with Gasteiger partial charge in [0.2, 0.25) is 0 Å². The smallest absolute Gasteiger partial charge is 0.338 e. The van der Waals surface area contributed by atoms with Crippen molar-refractivity contribution in [1.29, 1.82) is 0 Å². The number of hydrogen-bond donors (Lipinski definition) is 0. The van der Waals surface area contributed by atoms with Crippen LogP contribution in [-0.4, -0.2) is 5.97 Å². The van der Waals surface area contributed by atoms with Gasteiger partial charge in [-0.2, -0.15) is 0 Å². The third-order valence-electron chi connectivity index (χ3n) is 3.04. The van der Waals surface area contributed by atoms with Crippen LogP contribution in [0, 0.1) is 0 Å². The van der Waals surface area contributed by atoms with Crippen LogP contribution in [0.2, 0.25) is 0 Å². The summed E-state index contributed by atoms with van der Waals surface area (Å²) in [5, 5.41) is 0. The van der Waals surface area contributed by atoms with Crippen LogP contribution in [0.4, 0.5) is 0 Å². The Balaban J connectivity index is 2.64. The van der Waals surface area contributed by atoms with Gasteiger partial charge in [-0.3, -0.25) is 0 Å². The molecule has 0 saturated carbocycles. The van der Waals surface area contributed by atoms with E-state index in [0.717, 1.165) is 12.0 Å². The summed E-state index contributed by atoms with van der Waals surface area (Å²) >= 11 is 0. The Labute approximate surface area is 122 Å². The molecule has 0 amide bonds. The Bertz CT molecular complexity index is 499. The molecule has 0 bridgehead atoms. The monoisotopic (exact) mass is 272 g/mol. The minimum Gasteiger partial charge on any atom is -0.431 e. The van der Waals surface area contributed by atoms with Gasteiger partial charge in [0.25, 0.3) is 0 Å². The fourth-order valence-corrected chi connectivity index (χ4v) is 1.75. The maximum absolute atomic E-state index is 11.6. The minimum atomic E-state index is -0.297. The predicted octanol–water partition coefficient (Wildman–Crippen LogP) is 4.85. The van der Waals surface area contributed by atoms with E-state index in [-0.39, 0.29) is 11.4 Å². The van der Waals surface area contributed by atoms with Crippen LogP contribution in [0.3, 0.4) is 0 Å². The molecule has 0 spiro atoms. The summed E-state index contributed by atoms with van der Waals surface area (Å²) in [7, 11) is 0. The third-order valence-corrected chi connectivity index (χ3v) is 3.04. The minimum absolute atomic E-state index is 0.150. The van der Waals surface area contributed by atoms with Crippen molar-refractivity contribution in [2.24, 2.45) is 0 Å². The molecule has 1 aromatic carbocycles. The molecule has 2 heteroatoms. The molecule has 108 valence electrons. The molecule has 1 aromatic rings. The molecular weight excluding hydrogens is 248 g/mol.